The van der Waals surface area contributed by atoms with Crippen LogP contribution in [-0.2, 0) is 9.84 Å². The second-order valence-corrected chi connectivity index (χ2v) is 6.35. The van der Waals surface area contributed by atoms with Gasteiger partial charge in [-0.25, -0.2) is 8.42 Å². The molecule has 0 fully saturated rings. The summed E-state index contributed by atoms with van der Waals surface area (Å²) in [5.41, 5.74) is 0. The SMILES string of the molecule is C=CCCC(O)C(C)(C)S(C)(=O)=O. The number of aliphatic hydroxyl groups is 1. The first-order valence-electron chi connectivity index (χ1n) is 4.22. The summed E-state index contributed by atoms with van der Waals surface area (Å²) in [5, 5.41) is 9.62. The molecule has 0 saturated heterocycles. The van der Waals surface area contributed by atoms with Crippen LogP contribution in [0.3, 0.4) is 0 Å². The average Bonchev–Trinajstić information content (AvgIpc) is 1.97. The highest BCUT2D eigenvalue weighted by molar-refractivity contribution is 7.92. The molecule has 0 bridgehead atoms. The van der Waals surface area contributed by atoms with Crippen LogP contribution in [0.1, 0.15) is 26.7 Å². The minimum atomic E-state index is -3.22. The summed E-state index contributed by atoms with van der Waals surface area (Å²) in [6.45, 7) is 6.59. The predicted octanol–water partition coefficient (Wildman–Crippen LogP) is 1.14. The van der Waals surface area contributed by atoms with E-state index in [9.17, 15) is 13.5 Å². The van der Waals surface area contributed by atoms with E-state index in [1.165, 1.54) is 13.8 Å². The molecule has 1 unspecified atom stereocenters. The zero-order chi connectivity index (χ0) is 10.7. The van der Waals surface area contributed by atoms with Crippen molar-refractivity contribution in [2.45, 2.75) is 37.5 Å². The number of aliphatic hydroxyl groups excluding tert-OH is 1. The van der Waals surface area contributed by atoms with Gasteiger partial charge in [0.15, 0.2) is 9.84 Å². The standard InChI is InChI=1S/C9H18O3S/c1-5-6-7-8(10)9(2,3)13(4,11)12/h5,8,10H,1,6-7H2,2-4H3. The molecular weight excluding hydrogens is 188 g/mol. The second kappa shape index (κ2) is 4.24. The summed E-state index contributed by atoms with van der Waals surface area (Å²) in [6, 6.07) is 0. The lowest BCUT2D eigenvalue weighted by Gasteiger charge is -2.28. The highest BCUT2D eigenvalue weighted by Gasteiger charge is 2.37. The van der Waals surface area contributed by atoms with Crippen molar-refractivity contribution >= 4 is 9.84 Å². The zero-order valence-corrected chi connectivity index (χ0v) is 9.26. The zero-order valence-electron chi connectivity index (χ0n) is 8.45. The summed E-state index contributed by atoms with van der Waals surface area (Å²) in [7, 11) is -3.22. The molecule has 3 nitrogen and oxygen atoms in total. The molecule has 0 heterocycles. The lowest BCUT2D eigenvalue weighted by Crippen LogP contribution is -2.43. The Morgan fingerprint density at radius 2 is 2.00 bits per heavy atom. The van der Waals surface area contributed by atoms with Gasteiger partial charge in [0.05, 0.1) is 10.9 Å². The van der Waals surface area contributed by atoms with Gasteiger partial charge in [0.1, 0.15) is 0 Å². The van der Waals surface area contributed by atoms with E-state index >= 15 is 0 Å². The maximum Gasteiger partial charge on any atom is 0.155 e. The number of sulfone groups is 1. The Kier molecular flexibility index (Phi) is 4.13. The van der Waals surface area contributed by atoms with Crippen molar-refractivity contribution in [1.29, 1.82) is 0 Å². The molecule has 13 heavy (non-hydrogen) atoms. The number of hydrogen-bond acceptors (Lipinski definition) is 3. The Bertz CT molecular complexity index is 265. The van der Waals surface area contributed by atoms with Crippen LogP contribution in [0, 0.1) is 0 Å². The quantitative estimate of drug-likeness (QED) is 0.686. The van der Waals surface area contributed by atoms with Crippen molar-refractivity contribution in [3.63, 3.8) is 0 Å². The summed E-state index contributed by atoms with van der Waals surface area (Å²) in [6.07, 6.45) is 3.04. The van der Waals surface area contributed by atoms with Crippen molar-refractivity contribution in [3.05, 3.63) is 12.7 Å². The van der Waals surface area contributed by atoms with E-state index in [2.05, 4.69) is 6.58 Å². The molecule has 0 aromatic carbocycles. The van der Waals surface area contributed by atoms with Gasteiger partial charge >= 0.3 is 0 Å². The van der Waals surface area contributed by atoms with Crippen LogP contribution >= 0.6 is 0 Å². The number of hydrogen-bond donors (Lipinski definition) is 1. The van der Waals surface area contributed by atoms with Crippen LogP contribution in [-0.4, -0.2) is 30.6 Å². The highest BCUT2D eigenvalue weighted by Crippen LogP contribution is 2.23. The second-order valence-electron chi connectivity index (χ2n) is 3.76. The van der Waals surface area contributed by atoms with E-state index in [1.807, 2.05) is 0 Å². The summed E-state index contributed by atoms with van der Waals surface area (Å²) >= 11 is 0. The number of rotatable bonds is 5. The molecule has 0 aliphatic rings. The summed E-state index contributed by atoms with van der Waals surface area (Å²) in [5.74, 6) is 0. The monoisotopic (exact) mass is 206 g/mol. The Labute approximate surface area is 80.4 Å². The van der Waals surface area contributed by atoms with Gasteiger partial charge in [-0.1, -0.05) is 6.08 Å². The molecule has 0 aromatic heterocycles. The molecule has 1 N–H and O–H groups in total. The van der Waals surface area contributed by atoms with Gasteiger partial charge in [0, 0.05) is 6.26 Å². The topological polar surface area (TPSA) is 54.4 Å². The molecule has 0 saturated carbocycles. The van der Waals surface area contributed by atoms with Gasteiger partial charge in [-0.15, -0.1) is 6.58 Å². The van der Waals surface area contributed by atoms with E-state index in [0.717, 1.165) is 6.26 Å². The molecule has 4 heteroatoms. The van der Waals surface area contributed by atoms with Crippen molar-refractivity contribution in [2.24, 2.45) is 0 Å². The van der Waals surface area contributed by atoms with Gasteiger partial charge in [0.25, 0.3) is 0 Å². The minimum Gasteiger partial charge on any atom is -0.391 e. The van der Waals surface area contributed by atoms with E-state index in [1.54, 1.807) is 6.08 Å². The molecule has 0 rings (SSSR count). The van der Waals surface area contributed by atoms with Crippen molar-refractivity contribution in [1.82, 2.24) is 0 Å². The van der Waals surface area contributed by atoms with Gasteiger partial charge in [-0.2, -0.15) is 0 Å². The molecule has 0 radical (unpaired) electrons. The molecule has 0 aliphatic heterocycles. The Balaban J connectivity index is 4.54. The third kappa shape index (κ3) is 3.12. The minimum absolute atomic E-state index is 0.434. The van der Waals surface area contributed by atoms with Gasteiger partial charge < -0.3 is 5.11 Å². The van der Waals surface area contributed by atoms with Crippen molar-refractivity contribution in [2.75, 3.05) is 6.26 Å². The van der Waals surface area contributed by atoms with Crippen LogP contribution in [0.2, 0.25) is 0 Å². The molecular formula is C9H18O3S. The Hall–Kier alpha value is -0.350. The van der Waals surface area contributed by atoms with Crippen molar-refractivity contribution in [3.8, 4) is 0 Å². The molecule has 1 atom stereocenters. The highest BCUT2D eigenvalue weighted by atomic mass is 32.2. The molecule has 0 aromatic rings. The maximum absolute atomic E-state index is 11.3. The smallest absolute Gasteiger partial charge is 0.155 e. The van der Waals surface area contributed by atoms with E-state index in [-0.39, 0.29) is 0 Å². The van der Waals surface area contributed by atoms with Crippen LogP contribution < -0.4 is 0 Å². The fourth-order valence-electron chi connectivity index (χ4n) is 0.870. The van der Waals surface area contributed by atoms with E-state index in [4.69, 9.17) is 0 Å². The fraction of sp³-hybridized carbons (Fsp3) is 0.778. The molecule has 0 amide bonds. The van der Waals surface area contributed by atoms with E-state index in [0.29, 0.717) is 12.8 Å². The van der Waals surface area contributed by atoms with Crippen LogP contribution in [0.15, 0.2) is 12.7 Å². The molecule has 0 aliphatic carbocycles. The number of allylic oxidation sites excluding steroid dienone is 1. The van der Waals surface area contributed by atoms with Gasteiger partial charge in [0.2, 0.25) is 0 Å². The largest absolute Gasteiger partial charge is 0.391 e. The lowest BCUT2D eigenvalue weighted by atomic mass is 10.0. The predicted molar refractivity (Wildman–Crippen MR) is 54.4 cm³/mol. The Morgan fingerprint density at radius 3 is 2.31 bits per heavy atom. The average molecular weight is 206 g/mol. The van der Waals surface area contributed by atoms with Crippen molar-refractivity contribution < 1.29 is 13.5 Å². The third-order valence-corrected chi connectivity index (χ3v) is 4.59. The Morgan fingerprint density at radius 1 is 1.54 bits per heavy atom. The molecule has 0 spiro atoms. The molecule has 78 valence electrons. The third-order valence-electron chi connectivity index (χ3n) is 2.40. The van der Waals surface area contributed by atoms with Gasteiger partial charge in [-0.3, -0.25) is 0 Å². The normalized spacial score (nSPS) is 15.4. The summed E-state index contributed by atoms with van der Waals surface area (Å²) < 4.78 is 21.5. The van der Waals surface area contributed by atoms with Crippen LogP contribution in [0.25, 0.3) is 0 Å². The first kappa shape index (κ1) is 12.7. The van der Waals surface area contributed by atoms with E-state index < -0.39 is 20.7 Å². The van der Waals surface area contributed by atoms with Gasteiger partial charge in [-0.05, 0) is 26.7 Å². The fourth-order valence-corrected chi connectivity index (χ4v) is 1.48. The lowest BCUT2D eigenvalue weighted by molar-refractivity contribution is 0.129. The summed E-state index contributed by atoms with van der Waals surface area (Å²) in [4.78, 5) is 0. The van der Waals surface area contributed by atoms with Crippen LogP contribution in [0.4, 0.5) is 0 Å². The maximum atomic E-state index is 11.3. The first-order valence-corrected chi connectivity index (χ1v) is 6.11. The van der Waals surface area contributed by atoms with Crippen LogP contribution in [0.5, 0.6) is 0 Å². The first-order chi connectivity index (χ1) is 5.73.